The van der Waals surface area contributed by atoms with E-state index in [2.05, 4.69) is 22.0 Å². The van der Waals surface area contributed by atoms with E-state index in [0.717, 1.165) is 54.1 Å². The molecule has 1 saturated heterocycles. The average Bonchev–Trinajstić information content (AvgIpc) is 3.23. The molecule has 2 atom stereocenters. The van der Waals surface area contributed by atoms with E-state index in [0.29, 0.717) is 24.5 Å². The molecule has 1 aromatic carbocycles. The number of ketones is 2. The summed E-state index contributed by atoms with van der Waals surface area (Å²) in [5.41, 5.74) is 3.85. The second kappa shape index (κ2) is 8.26. The molecular formula is C24H30N2O4. The van der Waals surface area contributed by atoms with Crippen molar-refractivity contribution in [1.29, 1.82) is 0 Å². The Morgan fingerprint density at radius 1 is 1.13 bits per heavy atom. The largest absolute Gasteiger partial charge is 0.490 e. The molecule has 1 N–H and O–H groups in total. The zero-order valence-corrected chi connectivity index (χ0v) is 18.2. The van der Waals surface area contributed by atoms with Gasteiger partial charge in [0.25, 0.3) is 0 Å². The highest BCUT2D eigenvalue weighted by molar-refractivity contribution is 6.05. The van der Waals surface area contributed by atoms with Gasteiger partial charge in [-0.1, -0.05) is 6.07 Å². The first-order valence-electron chi connectivity index (χ1n) is 10.8. The molecule has 0 radical (unpaired) electrons. The van der Waals surface area contributed by atoms with Crippen LogP contribution in [0, 0.1) is 13.8 Å². The van der Waals surface area contributed by atoms with Gasteiger partial charge in [-0.15, -0.1) is 0 Å². The molecule has 0 spiro atoms. The lowest BCUT2D eigenvalue weighted by Gasteiger charge is -2.30. The molecule has 1 fully saturated rings. The minimum absolute atomic E-state index is 0.0146. The van der Waals surface area contributed by atoms with Crippen LogP contribution < -0.4 is 9.47 Å². The van der Waals surface area contributed by atoms with Crippen molar-refractivity contribution >= 4 is 11.6 Å². The maximum absolute atomic E-state index is 13.4. The zero-order valence-electron chi connectivity index (χ0n) is 18.2. The lowest BCUT2D eigenvalue weighted by molar-refractivity contribution is 0.0814. The summed E-state index contributed by atoms with van der Waals surface area (Å²) in [6.45, 7) is 9.40. The van der Waals surface area contributed by atoms with Gasteiger partial charge in [0, 0.05) is 23.7 Å². The molecule has 2 aromatic rings. The Balaban J connectivity index is 1.59. The first kappa shape index (κ1) is 20.7. The van der Waals surface area contributed by atoms with Gasteiger partial charge in [-0.25, -0.2) is 0 Å². The molecule has 0 bridgehead atoms. The SMILES string of the molecule is CC(=O)c1c(C)[nH]c(C(=O)[C@H](C)N2CCC[C@@H]2c2ccc3c(c2)OCCCO3)c1C. The normalized spacial score (nSPS) is 20.1. The van der Waals surface area contributed by atoms with Crippen LogP contribution in [-0.2, 0) is 0 Å². The van der Waals surface area contributed by atoms with Gasteiger partial charge in [0.2, 0.25) is 0 Å². The smallest absolute Gasteiger partial charge is 0.196 e. The van der Waals surface area contributed by atoms with E-state index in [9.17, 15) is 9.59 Å². The lowest BCUT2D eigenvalue weighted by Crippen LogP contribution is -2.39. The first-order chi connectivity index (χ1) is 14.4. The lowest BCUT2D eigenvalue weighted by atomic mass is 9.99. The molecule has 2 aliphatic heterocycles. The number of hydrogen-bond acceptors (Lipinski definition) is 5. The number of carbonyl (C=O) groups excluding carboxylic acids is 2. The summed E-state index contributed by atoms with van der Waals surface area (Å²) >= 11 is 0. The molecule has 6 nitrogen and oxygen atoms in total. The van der Waals surface area contributed by atoms with Crippen LogP contribution in [0.4, 0.5) is 0 Å². The van der Waals surface area contributed by atoms with Crippen LogP contribution in [0.15, 0.2) is 18.2 Å². The molecule has 3 heterocycles. The number of rotatable bonds is 5. The number of likely N-dealkylation sites (tertiary alicyclic amines) is 1. The predicted molar refractivity (Wildman–Crippen MR) is 115 cm³/mol. The van der Waals surface area contributed by atoms with Crippen LogP contribution in [0.3, 0.4) is 0 Å². The highest BCUT2D eigenvalue weighted by Gasteiger charge is 2.35. The molecule has 1 aromatic heterocycles. The quantitative estimate of drug-likeness (QED) is 0.740. The highest BCUT2D eigenvalue weighted by atomic mass is 16.5. The number of ether oxygens (including phenoxy) is 2. The Morgan fingerprint density at radius 3 is 2.57 bits per heavy atom. The summed E-state index contributed by atoms with van der Waals surface area (Å²) in [5.74, 6) is 1.60. The number of nitrogens with one attached hydrogen (secondary N) is 1. The van der Waals surface area contributed by atoms with E-state index >= 15 is 0 Å². The van der Waals surface area contributed by atoms with Gasteiger partial charge in [-0.3, -0.25) is 14.5 Å². The summed E-state index contributed by atoms with van der Waals surface area (Å²) in [6, 6.07) is 6.01. The standard InChI is InChI=1S/C24H30N2O4/c1-14-22(17(4)27)15(2)25-23(14)24(28)16(3)26-10-5-7-19(26)18-8-9-20-21(13-18)30-12-6-11-29-20/h8-9,13,16,19,25H,5-7,10-12H2,1-4H3/t16-,19+/m0/s1. The maximum Gasteiger partial charge on any atom is 0.196 e. The van der Waals surface area contributed by atoms with Crippen LogP contribution in [0.25, 0.3) is 0 Å². The van der Waals surface area contributed by atoms with Crippen LogP contribution >= 0.6 is 0 Å². The zero-order chi connectivity index (χ0) is 21.4. The van der Waals surface area contributed by atoms with Crippen LogP contribution in [0.5, 0.6) is 11.5 Å². The maximum atomic E-state index is 13.4. The van der Waals surface area contributed by atoms with E-state index < -0.39 is 0 Å². The predicted octanol–water partition coefficient (Wildman–Crippen LogP) is 4.40. The second-order valence-corrected chi connectivity index (χ2v) is 8.37. The number of Topliss-reactive ketones (excluding diaryl/α,β-unsaturated/α-hetero) is 2. The van der Waals surface area contributed by atoms with Crippen molar-refractivity contribution in [3.05, 3.63) is 46.3 Å². The minimum Gasteiger partial charge on any atom is -0.490 e. The summed E-state index contributed by atoms with van der Waals surface area (Å²) in [5, 5.41) is 0. The Kier molecular flexibility index (Phi) is 5.69. The first-order valence-corrected chi connectivity index (χ1v) is 10.8. The highest BCUT2D eigenvalue weighted by Crippen LogP contribution is 2.39. The molecule has 0 aliphatic carbocycles. The van der Waals surface area contributed by atoms with Gasteiger partial charge < -0.3 is 14.5 Å². The fraction of sp³-hybridized carbons (Fsp3) is 0.500. The Hall–Kier alpha value is -2.60. The number of nitrogens with zero attached hydrogens (tertiary/aromatic N) is 1. The number of fused-ring (bicyclic) bond motifs is 1. The van der Waals surface area contributed by atoms with Gasteiger partial charge in [0.15, 0.2) is 23.1 Å². The molecule has 6 heteroatoms. The van der Waals surface area contributed by atoms with Crippen LogP contribution in [-0.4, -0.2) is 47.3 Å². The topological polar surface area (TPSA) is 71.6 Å². The van der Waals surface area contributed by atoms with Gasteiger partial charge >= 0.3 is 0 Å². The Labute approximate surface area is 177 Å². The van der Waals surface area contributed by atoms with Crippen molar-refractivity contribution in [1.82, 2.24) is 9.88 Å². The number of aryl methyl sites for hydroxylation is 1. The summed E-state index contributed by atoms with van der Waals surface area (Å²) in [4.78, 5) is 30.8. The molecule has 160 valence electrons. The minimum atomic E-state index is -0.287. The number of carbonyl (C=O) groups is 2. The van der Waals surface area contributed by atoms with Crippen LogP contribution in [0.2, 0.25) is 0 Å². The van der Waals surface area contributed by atoms with E-state index in [1.807, 2.05) is 26.8 Å². The number of benzene rings is 1. The van der Waals surface area contributed by atoms with Crippen molar-refractivity contribution in [2.75, 3.05) is 19.8 Å². The van der Waals surface area contributed by atoms with Crippen molar-refractivity contribution in [2.45, 2.75) is 59.0 Å². The van der Waals surface area contributed by atoms with Crippen molar-refractivity contribution < 1.29 is 19.1 Å². The van der Waals surface area contributed by atoms with Crippen LogP contribution in [0.1, 0.15) is 76.8 Å². The van der Waals surface area contributed by atoms with E-state index in [4.69, 9.17) is 9.47 Å². The van der Waals surface area contributed by atoms with Crippen molar-refractivity contribution in [3.63, 3.8) is 0 Å². The summed E-state index contributed by atoms with van der Waals surface area (Å²) in [6.07, 6.45) is 2.92. The summed E-state index contributed by atoms with van der Waals surface area (Å²) < 4.78 is 11.6. The number of aromatic amines is 1. The monoisotopic (exact) mass is 410 g/mol. The van der Waals surface area contributed by atoms with E-state index in [1.54, 1.807) is 6.92 Å². The van der Waals surface area contributed by atoms with Crippen molar-refractivity contribution in [2.24, 2.45) is 0 Å². The Morgan fingerprint density at radius 2 is 1.87 bits per heavy atom. The average molecular weight is 411 g/mol. The van der Waals surface area contributed by atoms with Crippen molar-refractivity contribution in [3.8, 4) is 11.5 Å². The van der Waals surface area contributed by atoms with Gasteiger partial charge in [-0.05, 0) is 70.3 Å². The number of aromatic nitrogens is 1. The molecule has 2 aliphatic rings. The van der Waals surface area contributed by atoms with Gasteiger partial charge in [-0.2, -0.15) is 0 Å². The fourth-order valence-electron chi connectivity index (χ4n) is 4.88. The van der Waals surface area contributed by atoms with Gasteiger partial charge in [0.1, 0.15) is 0 Å². The molecule has 0 saturated carbocycles. The molecular weight excluding hydrogens is 380 g/mol. The third kappa shape index (κ3) is 3.65. The second-order valence-electron chi connectivity index (χ2n) is 8.37. The molecule has 4 rings (SSSR count). The number of hydrogen-bond donors (Lipinski definition) is 1. The molecule has 30 heavy (non-hydrogen) atoms. The molecule has 0 amide bonds. The third-order valence-electron chi connectivity index (χ3n) is 6.36. The van der Waals surface area contributed by atoms with E-state index in [1.165, 1.54) is 0 Å². The van der Waals surface area contributed by atoms with E-state index in [-0.39, 0.29) is 23.7 Å². The molecule has 0 unspecified atom stereocenters. The Bertz CT molecular complexity index is 978. The summed E-state index contributed by atoms with van der Waals surface area (Å²) in [7, 11) is 0. The third-order valence-corrected chi connectivity index (χ3v) is 6.36. The van der Waals surface area contributed by atoms with Gasteiger partial charge in [0.05, 0.1) is 24.9 Å². The number of H-pyrrole nitrogens is 1. The fourth-order valence-corrected chi connectivity index (χ4v) is 4.88.